The predicted molar refractivity (Wildman–Crippen MR) is 72.5 cm³/mol. The summed E-state index contributed by atoms with van der Waals surface area (Å²) in [5.74, 6) is 0.123. The summed E-state index contributed by atoms with van der Waals surface area (Å²) < 4.78 is 0. The predicted octanol–water partition coefficient (Wildman–Crippen LogP) is 2.67. The van der Waals surface area contributed by atoms with Crippen LogP contribution in [-0.4, -0.2) is 30.3 Å². The van der Waals surface area contributed by atoms with Gasteiger partial charge in [0.15, 0.2) is 5.78 Å². The molecule has 1 aromatic carbocycles. The van der Waals surface area contributed by atoms with Gasteiger partial charge < -0.3 is 0 Å². The van der Waals surface area contributed by atoms with Gasteiger partial charge in [0.1, 0.15) is 0 Å². The van der Waals surface area contributed by atoms with Crippen LogP contribution in [0, 0.1) is 11.3 Å². The van der Waals surface area contributed by atoms with Crippen molar-refractivity contribution >= 4 is 5.78 Å². The van der Waals surface area contributed by atoms with Gasteiger partial charge in [-0.2, -0.15) is 5.26 Å². The van der Waals surface area contributed by atoms with Gasteiger partial charge in [0, 0.05) is 18.5 Å². The largest absolute Gasteiger partial charge is 0.295 e. The standard InChI is InChI=1S/C15H20N2O/c1-3-13-6-8-14(9-7-13)15(18)12-17(4-2)11-5-10-16/h6-9H,3-5,11-12H2,1-2H3. The van der Waals surface area contributed by atoms with Gasteiger partial charge in [0.25, 0.3) is 0 Å². The Hall–Kier alpha value is -1.66. The fourth-order valence-corrected chi connectivity index (χ4v) is 1.78. The number of Topliss-reactive ketones (excluding diaryl/α,β-unsaturated/α-hetero) is 1. The second kappa shape index (κ2) is 7.62. The first kappa shape index (κ1) is 14.4. The molecule has 0 aliphatic heterocycles. The lowest BCUT2D eigenvalue weighted by molar-refractivity contribution is 0.0935. The monoisotopic (exact) mass is 244 g/mol. The molecular weight excluding hydrogens is 224 g/mol. The average molecular weight is 244 g/mol. The minimum atomic E-state index is 0.123. The quantitative estimate of drug-likeness (QED) is 0.693. The van der Waals surface area contributed by atoms with E-state index in [2.05, 4.69) is 13.0 Å². The normalized spacial score (nSPS) is 10.3. The lowest BCUT2D eigenvalue weighted by atomic mass is 10.1. The first-order valence-electron chi connectivity index (χ1n) is 6.42. The van der Waals surface area contributed by atoms with Gasteiger partial charge in [0.2, 0.25) is 0 Å². The number of likely N-dealkylation sites (N-methyl/N-ethyl adjacent to an activating group) is 1. The zero-order valence-electron chi connectivity index (χ0n) is 11.1. The number of nitrogens with zero attached hydrogens (tertiary/aromatic N) is 2. The van der Waals surface area contributed by atoms with Crippen LogP contribution in [0.1, 0.15) is 36.2 Å². The molecule has 0 saturated heterocycles. The summed E-state index contributed by atoms with van der Waals surface area (Å²) in [5.41, 5.74) is 1.99. The summed E-state index contributed by atoms with van der Waals surface area (Å²) in [6.45, 7) is 5.94. The maximum atomic E-state index is 12.1. The molecule has 0 aliphatic rings. The van der Waals surface area contributed by atoms with Crippen molar-refractivity contribution in [3.63, 3.8) is 0 Å². The SMILES string of the molecule is CCc1ccc(C(=O)CN(CC)CCC#N)cc1. The summed E-state index contributed by atoms with van der Waals surface area (Å²) in [4.78, 5) is 14.1. The molecule has 0 fully saturated rings. The fourth-order valence-electron chi connectivity index (χ4n) is 1.78. The molecule has 3 nitrogen and oxygen atoms in total. The van der Waals surface area contributed by atoms with Crippen LogP contribution in [0.3, 0.4) is 0 Å². The summed E-state index contributed by atoms with van der Waals surface area (Å²) in [6, 6.07) is 9.88. The van der Waals surface area contributed by atoms with E-state index >= 15 is 0 Å². The number of rotatable bonds is 7. The Balaban J connectivity index is 2.60. The van der Waals surface area contributed by atoms with Crippen molar-refractivity contribution in [1.82, 2.24) is 4.90 Å². The Bertz CT molecular complexity index is 417. The van der Waals surface area contributed by atoms with E-state index in [-0.39, 0.29) is 5.78 Å². The van der Waals surface area contributed by atoms with E-state index in [1.165, 1.54) is 5.56 Å². The minimum absolute atomic E-state index is 0.123. The highest BCUT2D eigenvalue weighted by Gasteiger charge is 2.10. The molecule has 0 aliphatic carbocycles. The number of nitriles is 1. The molecule has 0 radical (unpaired) electrons. The summed E-state index contributed by atoms with van der Waals surface area (Å²) in [6.07, 6.45) is 1.45. The Labute approximate surface area is 109 Å². The summed E-state index contributed by atoms with van der Waals surface area (Å²) in [7, 11) is 0. The van der Waals surface area contributed by atoms with Crippen molar-refractivity contribution in [2.75, 3.05) is 19.6 Å². The zero-order chi connectivity index (χ0) is 13.4. The molecule has 0 atom stereocenters. The summed E-state index contributed by atoms with van der Waals surface area (Å²) in [5, 5.41) is 8.56. The van der Waals surface area contributed by atoms with E-state index in [0.717, 1.165) is 18.5 Å². The van der Waals surface area contributed by atoms with Crippen molar-refractivity contribution in [2.45, 2.75) is 26.7 Å². The van der Waals surface area contributed by atoms with Gasteiger partial charge in [-0.05, 0) is 18.5 Å². The maximum absolute atomic E-state index is 12.1. The van der Waals surface area contributed by atoms with Crippen LogP contribution in [0.5, 0.6) is 0 Å². The number of carbonyl (C=O) groups is 1. The van der Waals surface area contributed by atoms with Crippen LogP contribution < -0.4 is 0 Å². The van der Waals surface area contributed by atoms with Gasteiger partial charge in [-0.3, -0.25) is 9.69 Å². The molecule has 1 aromatic rings. The van der Waals surface area contributed by atoms with E-state index in [1.54, 1.807) is 0 Å². The molecule has 18 heavy (non-hydrogen) atoms. The highest BCUT2D eigenvalue weighted by atomic mass is 16.1. The van der Waals surface area contributed by atoms with E-state index in [9.17, 15) is 4.79 Å². The van der Waals surface area contributed by atoms with E-state index < -0.39 is 0 Å². The molecule has 0 unspecified atom stereocenters. The topological polar surface area (TPSA) is 44.1 Å². The minimum Gasteiger partial charge on any atom is -0.295 e. The number of hydrogen-bond acceptors (Lipinski definition) is 3. The van der Waals surface area contributed by atoms with Gasteiger partial charge in [-0.25, -0.2) is 0 Å². The Morgan fingerprint density at radius 2 is 1.94 bits per heavy atom. The zero-order valence-corrected chi connectivity index (χ0v) is 11.1. The number of ketones is 1. The molecule has 0 aromatic heterocycles. The average Bonchev–Trinajstić information content (AvgIpc) is 2.43. The molecule has 3 heteroatoms. The van der Waals surface area contributed by atoms with Crippen LogP contribution in [0.4, 0.5) is 0 Å². The van der Waals surface area contributed by atoms with Gasteiger partial charge in [-0.1, -0.05) is 38.1 Å². The Morgan fingerprint density at radius 3 is 2.44 bits per heavy atom. The Morgan fingerprint density at radius 1 is 1.28 bits per heavy atom. The van der Waals surface area contributed by atoms with Crippen molar-refractivity contribution in [1.29, 1.82) is 5.26 Å². The van der Waals surface area contributed by atoms with Gasteiger partial charge >= 0.3 is 0 Å². The molecule has 0 N–H and O–H groups in total. The van der Waals surface area contributed by atoms with Crippen molar-refractivity contribution in [2.24, 2.45) is 0 Å². The van der Waals surface area contributed by atoms with Gasteiger partial charge in [0.05, 0.1) is 12.6 Å². The van der Waals surface area contributed by atoms with E-state index in [4.69, 9.17) is 5.26 Å². The number of carbonyl (C=O) groups excluding carboxylic acids is 1. The van der Waals surface area contributed by atoms with Crippen LogP contribution in [0.25, 0.3) is 0 Å². The first-order valence-corrected chi connectivity index (χ1v) is 6.42. The maximum Gasteiger partial charge on any atom is 0.176 e. The lowest BCUT2D eigenvalue weighted by Crippen LogP contribution is -2.30. The molecule has 0 spiro atoms. The molecule has 0 saturated carbocycles. The summed E-state index contributed by atoms with van der Waals surface area (Å²) >= 11 is 0. The lowest BCUT2D eigenvalue weighted by Gasteiger charge is -2.17. The number of aryl methyl sites for hydroxylation is 1. The highest BCUT2D eigenvalue weighted by molar-refractivity contribution is 5.97. The molecular formula is C15H20N2O. The first-order chi connectivity index (χ1) is 8.71. The van der Waals surface area contributed by atoms with Crippen LogP contribution in [0.15, 0.2) is 24.3 Å². The van der Waals surface area contributed by atoms with Crippen LogP contribution >= 0.6 is 0 Å². The number of hydrogen-bond donors (Lipinski definition) is 0. The third-order valence-corrected chi connectivity index (χ3v) is 3.04. The van der Waals surface area contributed by atoms with Crippen LogP contribution in [0.2, 0.25) is 0 Å². The number of benzene rings is 1. The van der Waals surface area contributed by atoms with Crippen molar-refractivity contribution < 1.29 is 4.79 Å². The molecule has 96 valence electrons. The fraction of sp³-hybridized carbons (Fsp3) is 0.467. The van der Waals surface area contributed by atoms with Crippen molar-refractivity contribution in [3.05, 3.63) is 35.4 Å². The Kier molecular flexibility index (Phi) is 6.10. The second-order valence-corrected chi connectivity index (χ2v) is 4.25. The molecule has 0 heterocycles. The van der Waals surface area contributed by atoms with Gasteiger partial charge in [-0.15, -0.1) is 0 Å². The molecule has 1 rings (SSSR count). The second-order valence-electron chi connectivity index (χ2n) is 4.25. The highest BCUT2D eigenvalue weighted by Crippen LogP contribution is 2.07. The molecule has 0 bridgehead atoms. The van der Waals surface area contributed by atoms with Crippen molar-refractivity contribution in [3.8, 4) is 6.07 Å². The third-order valence-electron chi connectivity index (χ3n) is 3.04. The molecule has 0 amide bonds. The smallest absolute Gasteiger partial charge is 0.176 e. The third kappa shape index (κ3) is 4.31. The van der Waals surface area contributed by atoms with E-state index in [0.29, 0.717) is 19.5 Å². The van der Waals surface area contributed by atoms with Crippen LogP contribution in [-0.2, 0) is 6.42 Å². The van der Waals surface area contributed by atoms with E-state index in [1.807, 2.05) is 36.1 Å².